The molecule has 10 N–H and O–H groups in total. The van der Waals surface area contributed by atoms with E-state index >= 15 is 0 Å². The molecule has 0 spiro atoms. The fraction of sp³-hybridized carbons (Fsp3) is 0.706. The zero-order valence-corrected chi connectivity index (χ0v) is 31.9. The van der Waals surface area contributed by atoms with Crippen molar-refractivity contribution < 1.29 is 68.4 Å². The normalized spacial score (nSPS) is 16.1. The lowest BCUT2D eigenvalue weighted by atomic mass is 9.84. The van der Waals surface area contributed by atoms with E-state index in [0.717, 1.165) is 39.0 Å². The molecular weight excluding hydrogens is 748 g/mol. The lowest BCUT2D eigenvalue weighted by Crippen LogP contribution is -2.59. The SMILES string of the molecule is CCCC[C@H](NC(=O)[C@H](CCC(=O)O)NC(=O)[C@H](CC(=O)O)NC(C)=O)C(=O)N[C@@H](CCC(=O)O)C(=O)N[C@@H](CC1CCCCC1)C(=O)N[C@@H](CS)C(=O)O. The van der Waals surface area contributed by atoms with Gasteiger partial charge in [0.15, 0.2) is 0 Å². The van der Waals surface area contributed by atoms with Gasteiger partial charge in [-0.2, -0.15) is 12.6 Å². The fourth-order valence-corrected chi connectivity index (χ4v) is 6.16. The van der Waals surface area contributed by atoms with E-state index < -0.39 is 128 Å². The molecule has 1 aliphatic carbocycles. The Labute approximate surface area is 323 Å². The van der Waals surface area contributed by atoms with Crippen LogP contribution in [0.25, 0.3) is 0 Å². The molecule has 6 atom stereocenters. The molecule has 310 valence electrons. The summed E-state index contributed by atoms with van der Waals surface area (Å²) in [6.07, 6.45) is 2.24. The Balaban J connectivity index is 3.36. The third-order valence-electron chi connectivity index (χ3n) is 8.84. The van der Waals surface area contributed by atoms with Crippen molar-refractivity contribution in [2.75, 3.05) is 5.75 Å². The summed E-state index contributed by atoms with van der Waals surface area (Å²) in [4.78, 5) is 124. The monoisotopic (exact) mass is 802 g/mol. The second kappa shape index (κ2) is 25.2. The molecule has 0 unspecified atom stereocenters. The molecule has 0 heterocycles. The molecule has 0 aliphatic heterocycles. The minimum Gasteiger partial charge on any atom is -0.481 e. The molecule has 0 aromatic heterocycles. The summed E-state index contributed by atoms with van der Waals surface area (Å²) in [5.74, 6) is -11.3. The van der Waals surface area contributed by atoms with Crippen molar-refractivity contribution in [1.82, 2.24) is 31.9 Å². The van der Waals surface area contributed by atoms with E-state index in [2.05, 4.69) is 44.5 Å². The van der Waals surface area contributed by atoms with Gasteiger partial charge >= 0.3 is 23.9 Å². The number of amides is 6. The number of hydrogen-bond acceptors (Lipinski definition) is 11. The lowest BCUT2D eigenvalue weighted by Gasteiger charge is -2.29. The molecule has 0 aromatic carbocycles. The van der Waals surface area contributed by atoms with E-state index in [1.807, 2.05) is 0 Å². The molecule has 0 aromatic rings. The molecule has 20 nitrogen and oxygen atoms in total. The van der Waals surface area contributed by atoms with Crippen LogP contribution in [0, 0.1) is 5.92 Å². The van der Waals surface area contributed by atoms with Gasteiger partial charge in [0.05, 0.1) is 6.42 Å². The molecule has 55 heavy (non-hydrogen) atoms. The van der Waals surface area contributed by atoms with Crippen LogP contribution in [0.4, 0.5) is 0 Å². The molecule has 0 radical (unpaired) electrons. The van der Waals surface area contributed by atoms with E-state index in [0.29, 0.717) is 12.8 Å². The third kappa shape index (κ3) is 19.3. The summed E-state index contributed by atoms with van der Waals surface area (Å²) >= 11 is 3.97. The van der Waals surface area contributed by atoms with Gasteiger partial charge in [-0.25, -0.2) is 4.79 Å². The maximum Gasteiger partial charge on any atom is 0.327 e. The lowest BCUT2D eigenvalue weighted by molar-refractivity contribution is -0.142. The van der Waals surface area contributed by atoms with Crippen molar-refractivity contribution in [3.63, 3.8) is 0 Å². The predicted molar refractivity (Wildman–Crippen MR) is 195 cm³/mol. The highest BCUT2D eigenvalue weighted by Gasteiger charge is 2.34. The van der Waals surface area contributed by atoms with Gasteiger partial charge in [0.25, 0.3) is 0 Å². The van der Waals surface area contributed by atoms with Gasteiger partial charge in [0.2, 0.25) is 35.4 Å². The standard InChI is InChI=1S/C34H54N6O14S/c1-3-4-10-20(36-30(49)21(11-13-26(42)43)38-33(52)24(16-28(46)47)35-18(2)41)29(48)37-22(12-14-27(44)45)31(50)39-23(15-19-8-6-5-7-9-19)32(51)40-25(17-55)34(53)54/h19-25,55H,3-17H2,1-2H3,(H,35,41)(H,36,49)(H,37,48)(H,38,52)(H,39,50)(H,40,51)(H,42,43)(H,44,45)(H,46,47)(H,53,54)/t20-,21-,22-,23-,24-,25-/m0/s1. The summed E-state index contributed by atoms with van der Waals surface area (Å²) in [6.45, 7) is 2.81. The average molecular weight is 803 g/mol. The van der Waals surface area contributed by atoms with Crippen LogP contribution >= 0.6 is 12.6 Å². The van der Waals surface area contributed by atoms with Crippen LogP contribution in [-0.2, 0) is 47.9 Å². The van der Waals surface area contributed by atoms with E-state index in [4.69, 9.17) is 0 Å². The Hall–Kier alpha value is -4.95. The number of carbonyl (C=O) groups is 10. The first-order valence-corrected chi connectivity index (χ1v) is 18.8. The largest absolute Gasteiger partial charge is 0.481 e. The van der Waals surface area contributed by atoms with E-state index in [1.165, 1.54) is 0 Å². The van der Waals surface area contributed by atoms with Crippen molar-refractivity contribution in [3.8, 4) is 0 Å². The van der Waals surface area contributed by atoms with Crippen LogP contribution < -0.4 is 31.9 Å². The molecule has 0 saturated heterocycles. The summed E-state index contributed by atoms with van der Waals surface area (Å²) < 4.78 is 0. The number of rotatable bonds is 26. The zero-order chi connectivity index (χ0) is 41.7. The molecule has 0 bridgehead atoms. The molecule has 1 saturated carbocycles. The Morgan fingerprint density at radius 3 is 1.38 bits per heavy atom. The molecule has 1 fully saturated rings. The van der Waals surface area contributed by atoms with Gasteiger partial charge in [-0.1, -0.05) is 51.9 Å². The second-order valence-electron chi connectivity index (χ2n) is 13.4. The number of carboxylic acid groups (broad SMARTS) is 4. The van der Waals surface area contributed by atoms with Gasteiger partial charge in [-0.3, -0.25) is 43.2 Å². The first-order valence-electron chi connectivity index (χ1n) is 18.2. The van der Waals surface area contributed by atoms with Crippen LogP contribution in [0.5, 0.6) is 0 Å². The first kappa shape index (κ1) is 48.1. The Morgan fingerprint density at radius 2 is 0.982 bits per heavy atom. The minimum atomic E-state index is -1.63. The highest BCUT2D eigenvalue weighted by Crippen LogP contribution is 2.27. The number of carbonyl (C=O) groups excluding carboxylic acids is 6. The van der Waals surface area contributed by atoms with E-state index in [1.54, 1.807) is 6.92 Å². The first-order chi connectivity index (χ1) is 25.9. The van der Waals surface area contributed by atoms with Crippen molar-refractivity contribution in [1.29, 1.82) is 0 Å². The van der Waals surface area contributed by atoms with Crippen molar-refractivity contribution >= 4 is 71.9 Å². The maximum absolute atomic E-state index is 13.7. The molecule has 6 amide bonds. The minimum absolute atomic E-state index is 0.0111. The molecule has 1 rings (SSSR count). The van der Waals surface area contributed by atoms with Gasteiger partial charge in [0, 0.05) is 25.5 Å². The summed E-state index contributed by atoms with van der Waals surface area (Å²) in [7, 11) is 0. The smallest absolute Gasteiger partial charge is 0.327 e. The van der Waals surface area contributed by atoms with Crippen LogP contribution in [0.15, 0.2) is 0 Å². The van der Waals surface area contributed by atoms with Gasteiger partial charge < -0.3 is 52.3 Å². The molecular formula is C34H54N6O14S. The van der Waals surface area contributed by atoms with Crippen LogP contribution in [-0.4, -0.2) is 122 Å². The van der Waals surface area contributed by atoms with Crippen molar-refractivity contribution in [3.05, 3.63) is 0 Å². The van der Waals surface area contributed by atoms with E-state index in [9.17, 15) is 68.4 Å². The van der Waals surface area contributed by atoms with Crippen LogP contribution in [0.2, 0.25) is 0 Å². The average Bonchev–Trinajstić information content (AvgIpc) is 3.11. The van der Waals surface area contributed by atoms with E-state index in [-0.39, 0.29) is 24.5 Å². The van der Waals surface area contributed by atoms with Crippen molar-refractivity contribution in [2.24, 2.45) is 5.92 Å². The predicted octanol–water partition coefficient (Wildman–Crippen LogP) is -0.706. The fourth-order valence-electron chi connectivity index (χ4n) is 5.91. The number of carboxylic acids is 4. The molecule has 21 heteroatoms. The number of unbranched alkanes of at least 4 members (excludes halogenated alkanes) is 1. The Bertz CT molecular complexity index is 1380. The maximum atomic E-state index is 13.7. The number of hydrogen-bond donors (Lipinski definition) is 11. The van der Waals surface area contributed by atoms with Gasteiger partial charge in [-0.05, 0) is 31.6 Å². The number of aliphatic carboxylic acids is 4. The Morgan fingerprint density at radius 1 is 0.564 bits per heavy atom. The van der Waals surface area contributed by atoms with Crippen molar-refractivity contribution in [2.45, 2.75) is 140 Å². The summed E-state index contributed by atoms with van der Waals surface area (Å²) in [5.41, 5.74) is 0. The second-order valence-corrected chi connectivity index (χ2v) is 13.8. The third-order valence-corrected chi connectivity index (χ3v) is 9.20. The zero-order valence-electron chi connectivity index (χ0n) is 31.0. The number of thiol groups is 1. The van der Waals surface area contributed by atoms with Gasteiger partial charge in [-0.15, -0.1) is 0 Å². The summed E-state index contributed by atoms with van der Waals surface area (Å²) in [6, 6.07) is -8.83. The highest BCUT2D eigenvalue weighted by molar-refractivity contribution is 7.80. The Kier molecular flexibility index (Phi) is 22.0. The summed E-state index contributed by atoms with van der Waals surface area (Å²) in [5, 5.41) is 51.4. The number of nitrogens with one attached hydrogen (secondary N) is 6. The van der Waals surface area contributed by atoms with Crippen LogP contribution in [0.3, 0.4) is 0 Å². The van der Waals surface area contributed by atoms with Crippen LogP contribution in [0.1, 0.15) is 104 Å². The quantitative estimate of drug-likeness (QED) is 0.0482. The molecule has 1 aliphatic rings. The highest BCUT2D eigenvalue weighted by atomic mass is 32.1. The topological polar surface area (TPSA) is 324 Å². The van der Waals surface area contributed by atoms with Gasteiger partial charge in [0.1, 0.15) is 36.3 Å².